The number of piperidine rings is 1. The maximum absolute atomic E-state index is 11.9. The molecule has 1 aromatic carbocycles. The van der Waals surface area contributed by atoms with Crippen molar-refractivity contribution in [2.75, 3.05) is 39.0 Å². The van der Waals surface area contributed by atoms with E-state index in [-0.39, 0.29) is 17.9 Å². The van der Waals surface area contributed by atoms with Gasteiger partial charge in [-0.05, 0) is 30.5 Å². The van der Waals surface area contributed by atoms with Crippen LogP contribution in [0.3, 0.4) is 0 Å². The monoisotopic (exact) mass is 358 g/mol. The second-order valence-electron chi connectivity index (χ2n) is 6.85. The van der Waals surface area contributed by atoms with Gasteiger partial charge in [0.2, 0.25) is 10.0 Å². The average Bonchev–Trinajstić information content (AvgIpc) is 2.89. The van der Waals surface area contributed by atoms with Gasteiger partial charge in [0.05, 0.1) is 12.9 Å². The maximum atomic E-state index is 11.9. The molecule has 5 nitrogen and oxygen atoms in total. The Labute approximate surface area is 142 Å². The van der Waals surface area contributed by atoms with Crippen LogP contribution in [0.1, 0.15) is 12.0 Å². The normalized spacial score (nSPS) is 29.6. The fraction of sp³-hybridized carbons (Fsp3) is 0.625. The number of benzene rings is 1. The van der Waals surface area contributed by atoms with E-state index in [0.29, 0.717) is 13.1 Å². The lowest BCUT2D eigenvalue weighted by molar-refractivity contribution is 0.0170. The van der Waals surface area contributed by atoms with Crippen LogP contribution in [0.15, 0.2) is 24.3 Å². The van der Waals surface area contributed by atoms with Crippen molar-refractivity contribution >= 4 is 21.6 Å². The number of likely N-dealkylation sites (tertiary alicyclic amines) is 1. The van der Waals surface area contributed by atoms with E-state index in [0.717, 1.165) is 36.6 Å². The van der Waals surface area contributed by atoms with Crippen molar-refractivity contribution < 1.29 is 13.5 Å². The molecule has 2 fully saturated rings. The van der Waals surface area contributed by atoms with Gasteiger partial charge in [-0.25, -0.2) is 12.7 Å². The number of fused-ring (bicyclic) bond motifs is 1. The minimum atomic E-state index is -3.21. The molecule has 0 aliphatic carbocycles. The van der Waals surface area contributed by atoms with E-state index >= 15 is 0 Å². The van der Waals surface area contributed by atoms with Crippen molar-refractivity contribution in [3.63, 3.8) is 0 Å². The first kappa shape index (κ1) is 17.2. The van der Waals surface area contributed by atoms with Gasteiger partial charge in [0.1, 0.15) is 0 Å². The van der Waals surface area contributed by atoms with Crippen LogP contribution >= 0.6 is 11.6 Å². The molecular formula is C16H23ClN2O3S. The zero-order valence-corrected chi connectivity index (χ0v) is 14.9. The Morgan fingerprint density at radius 2 is 2.09 bits per heavy atom. The quantitative estimate of drug-likeness (QED) is 0.884. The van der Waals surface area contributed by atoms with Gasteiger partial charge in [0.25, 0.3) is 0 Å². The van der Waals surface area contributed by atoms with Crippen LogP contribution in [-0.2, 0) is 16.6 Å². The van der Waals surface area contributed by atoms with Gasteiger partial charge in [-0.2, -0.15) is 0 Å². The van der Waals surface area contributed by atoms with E-state index in [4.69, 9.17) is 11.6 Å². The minimum Gasteiger partial charge on any atom is -0.396 e. The molecule has 3 rings (SSSR count). The van der Waals surface area contributed by atoms with E-state index < -0.39 is 10.0 Å². The Hall–Kier alpha value is -0.660. The summed E-state index contributed by atoms with van der Waals surface area (Å²) in [6.07, 6.45) is 2.06. The number of sulfonamides is 1. The van der Waals surface area contributed by atoms with Crippen LogP contribution in [-0.4, -0.2) is 61.8 Å². The minimum absolute atomic E-state index is 0.0453. The van der Waals surface area contributed by atoms with E-state index in [9.17, 15) is 13.5 Å². The number of halogens is 1. The number of nitrogens with zero attached hydrogens (tertiary/aromatic N) is 2. The molecule has 1 N–H and O–H groups in total. The molecule has 0 bridgehead atoms. The number of hydrogen-bond donors (Lipinski definition) is 1. The third-order valence-electron chi connectivity index (χ3n) is 5.32. The van der Waals surface area contributed by atoms with E-state index in [2.05, 4.69) is 4.90 Å². The fourth-order valence-corrected chi connectivity index (χ4v) is 4.96. The highest BCUT2D eigenvalue weighted by Crippen LogP contribution is 2.43. The predicted molar refractivity (Wildman–Crippen MR) is 90.8 cm³/mol. The highest BCUT2D eigenvalue weighted by Gasteiger charge is 2.51. The molecule has 1 aromatic rings. The first-order chi connectivity index (χ1) is 10.8. The van der Waals surface area contributed by atoms with Crippen molar-refractivity contribution in [2.24, 2.45) is 11.3 Å². The molecule has 23 heavy (non-hydrogen) atoms. The summed E-state index contributed by atoms with van der Waals surface area (Å²) < 4.78 is 25.3. The third-order valence-corrected chi connectivity index (χ3v) is 6.91. The van der Waals surface area contributed by atoms with Gasteiger partial charge in [0.15, 0.2) is 0 Å². The smallest absolute Gasteiger partial charge is 0.211 e. The third kappa shape index (κ3) is 3.42. The summed E-state index contributed by atoms with van der Waals surface area (Å²) in [4.78, 5) is 2.31. The second kappa shape index (κ2) is 6.33. The van der Waals surface area contributed by atoms with Crippen LogP contribution in [0.25, 0.3) is 0 Å². The first-order valence-corrected chi connectivity index (χ1v) is 10.1. The van der Waals surface area contributed by atoms with Gasteiger partial charge >= 0.3 is 0 Å². The Kier molecular flexibility index (Phi) is 4.73. The highest BCUT2D eigenvalue weighted by molar-refractivity contribution is 7.88. The molecule has 0 spiro atoms. The van der Waals surface area contributed by atoms with Crippen LogP contribution in [0.2, 0.25) is 5.02 Å². The Morgan fingerprint density at radius 3 is 2.74 bits per heavy atom. The molecule has 0 saturated carbocycles. The van der Waals surface area contributed by atoms with Crippen molar-refractivity contribution in [3.8, 4) is 0 Å². The molecule has 128 valence electrons. The number of rotatable bonds is 4. The van der Waals surface area contributed by atoms with Gasteiger partial charge in [-0.1, -0.05) is 29.8 Å². The molecule has 7 heteroatoms. The first-order valence-electron chi connectivity index (χ1n) is 7.86. The van der Waals surface area contributed by atoms with Crippen LogP contribution in [0.5, 0.6) is 0 Å². The fourth-order valence-electron chi connectivity index (χ4n) is 3.82. The van der Waals surface area contributed by atoms with Gasteiger partial charge in [-0.15, -0.1) is 0 Å². The Morgan fingerprint density at radius 1 is 1.35 bits per heavy atom. The molecule has 2 atom stereocenters. The summed E-state index contributed by atoms with van der Waals surface area (Å²) in [7, 11) is -3.21. The summed E-state index contributed by atoms with van der Waals surface area (Å²) in [6.45, 7) is 3.38. The van der Waals surface area contributed by atoms with Gasteiger partial charge in [-0.3, -0.25) is 4.90 Å². The molecule has 0 aromatic heterocycles. The summed E-state index contributed by atoms with van der Waals surface area (Å²) in [5.41, 5.74) is 0.795. The molecule has 2 saturated heterocycles. The maximum Gasteiger partial charge on any atom is 0.211 e. The van der Waals surface area contributed by atoms with Crippen molar-refractivity contribution in [1.29, 1.82) is 0 Å². The molecule has 0 unspecified atom stereocenters. The van der Waals surface area contributed by atoms with Crippen molar-refractivity contribution in [3.05, 3.63) is 34.9 Å². The number of hydrogen-bond acceptors (Lipinski definition) is 4. The van der Waals surface area contributed by atoms with Crippen molar-refractivity contribution in [2.45, 2.75) is 13.0 Å². The summed E-state index contributed by atoms with van der Waals surface area (Å²) >= 11 is 6.24. The lowest BCUT2D eigenvalue weighted by Crippen LogP contribution is -2.48. The summed E-state index contributed by atoms with van der Waals surface area (Å²) in [5, 5.41) is 10.7. The van der Waals surface area contributed by atoms with Crippen LogP contribution in [0, 0.1) is 11.3 Å². The molecular weight excluding hydrogens is 336 g/mol. The highest BCUT2D eigenvalue weighted by atomic mass is 35.5. The van der Waals surface area contributed by atoms with E-state index in [1.807, 2.05) is 24.3 Å². The molecule has 2 aliphatic heterocycles. The zero-order chi connectivity index (χ0) is 16.7. The van der Waals surface area contributed by atoms with Gasteiger partial charge in [0, 0.05) is 36.6 Å². The summed E-state index contributed by atoms with van der Waals surface area (Å²) in [6, 6.07) is 7.80. The lowest BCUT2D eigenvalue weighted by atomic mass is 9.73. The van der Waals surface area contributed by atoms with Crippen molar-refractivity contribution in [1.82, 2.24) is 9.21 Å². The number of aliphatic hydroxyl groups excluding tert-OH is 1. The Balaban J connectivity index is 1.74. The molecule has 2 heterocycles. The Bertz CT molecular complexity index is 682. The SMILES string of the molecule is CS(=O)(=O)N1C[C@H]2CN(Cc3ccccc3Cl)CC[C@@]2(CO)C1. The second-order valence-corrected chi connectivity index (χ2v) is 9.24. The molecule has 2 aliphatic rings. The van der Waals surface area contributed by atoms with Crippen LogP contribution < -0.4 is 0 Å². The van der Waals surface area contributed by atoms with Gasteiger partial charge < -0.3 is 5.11 Å². The van der Waals surface area contributed by atoms with E-state index in [1.165, 1.54) is 10.6 Å². The lowest BCUT2D eigenvalue weighted by Gasteiger charge is -2.42. The topological polar surface area (TPSA) is 60.9 Å². The molecule has 0 amide bonds. The summed E-state index contributed by atoms with van der Waals surface area (Å²) in [5.74, 6) is 0.165. The average molecular weight is 359 g/mol. The standard InChI is InChI=1S/C16H23ClN2O3S/c1-23(21,22)19-10-14-9-18(7-6-16(14,11-19)12-20)8-13-4-2-3-5-15(13)17/h2-5,14,20H,6-12H2,1H3/t14-,16+/m1/s1. The predicted octanol–water partition coefficient (Wildman–Crippen LogP) is 1.42. The zero-order valence-electron chi connectivity index (χ0n) is 13.3. The van der Waals surface area contributed by atoms with E-state index in [1.54, 1.807) is 0 Å². The largest absolute Gasteiger partial charge is 0.396 e. The van der Waals surface area contributed by atoms with Crippen LogP contribution in [0.4, 0.5) is 0 Å². The number of aliphatic hydroxyl groups is 1. The molecule has 0 radical (unpaired) electrons.